The van der Waals surface area contributed by atoms with E-state index in [1.54, 1.807) is 0 Å². The van der Waals surface area contributed by atoms with Crippen molar-refractivity contribution in [2.24, 2.45) is 0 Å². The van der Waals surface area contributed by atoms with Crippen LogP contribution in [0.25, 0.3) is 0 Å². The topological polar surface area (TPSA) is 66.4 Å². The lowest BCUT2D eigenvalue weighted by molar-refractivity contribution is -0.137. The first-order chi connectivity index (χ1) is 9.15. The van der Waals surface area contributed by atoms with Crippen LogP contribution in [0.15, 0.2) is 30.3 Å². The van der Waals surface area contributed by atoms with Crippen molar-refractivity contribution in [3.8, 4) is 0 Å². The Balaban J connectivity index is 2.11. The van der Waals surface area contributed by atoms with Crippen LogP contribution in [0.3, 0.4) is 0 Å². The average molecular weight is 261 g/mol. The zero-order valence-corrected chi connectivity index (χ0v) is 10.9. The summed E-state index contributed by atoms with van der Waals surface area (Å²) < 4.78 is 0. The SMILES string of the molecule is O=C(O)CCNC(=O)C1(c2ccccc2)CCCC1. The Morgan fingerprint density at radius 1 is 1.16 bits per heavy atom. The number of carboxylic acid groups (broad SMARTS) is 1. The number of aliphatic carboxylic acids is 1. The van der Waals surface area contributed by atoms with Crippen molar-refractivity contribution in [2.75, 3.05) is 6.54 Å². The van der Waals surface area contributed by atoms with Gasteiger partial charge in [-0.1, -0.05) is 43.2 Å². The van der Waals surface area contributed by atoms with E-state index in [4.69, 9.17) is 5.11 Å². The lowest BCUT2D eigenvalue weighted by atomic mass is 9.78. The predicted octanol–water partition coefficient (Wildman–Crippen LogP) is 2.09. The highest BCUT2D eigenvalue weighted by molar-refractivity contribution is 5.88. The van der Waals surface area contributed by atoms with E-state index in [1.807, 2.05) is 30.3 Å². The maximum Gasteiger partial charge on any atom is 0.305 e. The third-order valence-electron chi connectivity index (χ3n) is 3.84. The first-order valence-electron chi connectivity index (χ1n) is 6.71. The van der Waals surface area contributed by atoms with Gasteiger partial charge < -0.3 is 10.4 Å². The van der Waals surface area contributed by atoms with E-state index in [0.717, 1.165) is 31.2 Å². The number of hydrogen-bond donors (Lipinski definition) is 2. The van der Waals surface area contributed by atoms with Gasteiger partial charge in [0.15, 0.2) is 0 Å². The first-order valence-corrected chi connectivity index (χ1v) is 6.71. The Morgan fingerprint density at radius 3 is 2.37 bits per heavy atom. The second-order valence-corrected chi connectivity index (χ2v) is 5.05. The molecule has 2 N–H and O–H groups in total. The van der Waals surface area contributed by atoms with Crippen molar-refractivity contribution < 1.29 is 14.7 Å². The second-order valence-electron chi connectivity index (χ2n) is 5.05. The van der Waals surface area contributed by atoms with Gasteiger partial charge in [0.25, 0.3) is 0 Å². The molecular weight excluding hydrogens is 242 g/mol. The zero-order valence-electron chi connectivity index (χ0n) is 10.9. The monoisotopic (exact) mass is 261 g/mol. The van der Waals surface area contributed by atoms with E-state index >= 15 is 0 Å². The van der Waals surface area contributed by atoms with Crippen LogP contribution in [-0.2, 0) is 15.0 Å². The summed E-state index contributed by atoms with van der Waals surface area (Å²) >= 11 is 0. The maximum atomic E-state index is 12.4. The summed E-state index contributed by atoms with van der Waals surface area (Å²) in [7, 11) is 0. The minimum Gasteiger partial charge on any atom is -0.481 e. The molecule has 0 unspecified atom stereocenters. The lowest BCUT2D eigenvalue weighted by Gasteiger charge is -2.28. The van der Waals surface area contributed by atoms with Gasteiger partial charge in [0.1, 0.15) is 0 Å². The van der Waals surface area contributed by atoms with Gasteiger partial charge in [0.2, 0.25) is 5.91 Å². The Bertz CT molecular complexity index is 450. The fourth-order valence-electron chi connectivity index (χ4n) is 2.83. The standard InChI is InChI=1S/C15H19NO3/c17-13(18)8-11-16-14(19)15(9-4-5-10-15)12-6-2-1-3-7-12/h1-3,6-7H,4-5,8-11H2,(H,16,19)(H,17,18). The molecule has 19 heavy (non-hydrogen) atoms. The molecule has 0 spiro atoms. The molecular formula is C15H19NO3. The van der Waals surface area contributed by atoms with Crippen molar-refractivity contribution in [2.45, 2.75) is 37.5 Å². The van der Waals surface area contributed by atoms with Gasteiger partial charge in [-0.05, 0) is 18.4 Å². The van der Waals surface area contributed by atoms with Crippen molar-refractivity contribution >= 4 is 11.9 Å². The molecule has 0 aromatic heterocycles. The van der Waals surface area contributed by atoms with Crippen LogP contribution >= 0.6 is 0 Å². The van der Waals surface area contributed by atoms with Gasteiger partial charge in [0, 0.05) is 6.54 Å². The van der Waals surface area contributed by atoms with Gasteiger partial charge in [-0.25, -0.2) is 0 Å². The second kappa shape index (κ2) is 5.87. The number of hydrogen-bond acceptors (Lipinski definition) is 2. The van der Waals surface area contributed by atoms with Gasteiger partial charge in [0.05, 0.1) is 11.8 Å². The zero-order chi connectivity index (χ0) is 13.7. The molecule has 4 nitrogen and oxygen atoms in total. The molecule has 1 fully saturated rings. The highest BCUT2D eigenvalue weighted by Gasteiger charge is 2.42. The smallest absolute Gasteiger partial charge is 0.305 e. The summed E-state index contributed by atoms with van der Waals surface area (Å²) in [6.07, 6.45) is 3.74. The molecule has 1 aliphatic carbocycles. The molecule has 1 aromatic carbocycles. The summed E-state index contributed by atoms with van der Waals surface area (Å²) in [5.74, 6) is -0.919. The molecule has 1 aromatic rings. The molecule has 0 atom stereocenters. The fraction of sp³-hybridized carbons (Fsp3) is 0.467. The van der Waals surface area contributed by atoms with Crippen LogP contribution in [-0.4, -0.2) is 23.5 Å². The molecule has 0 saturated heterocycles. The van der Waals surface area contributed by atoms with Gasteiger partial charge >= 0.3 is 5.97 Å². The van der Waals surface area contributed by atoms with Crippen molar-refractivity contribution in [1.82, 2.24) is 5.32 Å². The summed E-state index contributed by atoms with van der Waals surface area (Å²) in [4.78, 5) is 22.9. The van der Waals surface area contributed by atoms with E-state index in [9.17, 15) is 9.59 Å². The number of amides is 1. The molecule has 0 aliphatic heterocycles. The fourth-order valence-corrected chi connectivity index (χ4v) is 2.83. The van der Waals surface area contributed by atoms with Crippen LogP contribution in [0.4, 0.5) is 0 Å². The maximum absolute atomic E-state index is 12.4. The quantitative estimate of drug-likeness (QED) is 0.853. The molecule has 1 amide bonds. The highest BCUT2D eigenvalue weighted by Crippen LogP contribution is 2.41. The summed E-state index contributed by atoms with van der Waals surface area (Å²) in [5, 5.41) is 11.4. The van der Waals surface area contributed by atoms with E-state index in [-0.39, 0.29) is 18.9 Å². The van der Waals surface area contributed by atoms with Crippen LogP contribution in [0, 0.1) is 0 Å². The van der Waals surface area contributed by atoms with Gasteiger partial charge in [-0.15, -0.1) is 0 Å². The molecule has 102 valence electrons. The predicted molar refractivity (Wildman–Crippen MR) is 71.9 cm³/mol. The summed E-state index contributed by atoms with van der Waals surface area (Å²) in [6.45, 7) is 0.197. The number of carboxylic acids is 1. The van der Waals surface area contributed by atoms with Gasteiger partial charge in [-0.2, -0.15) is 0 Å². The Hall–Kier alpha value is -1.84. The normalized spacial score (nSPS) is 17.1. The Kier molecular flexibility index (Phi) is 4.20. The Labute approximate surface area is 112 Å². The minimum absolute atomic E-state index is 0.0301. The number of rotatable bonds is 5. The minimum atomic E-state index is -0.888. The molecule has 1 aliphatic rings. The Morgan fingerprint density at radius 2 is 1.79 bits per heavy atom. The van der Waals surface area contributed by atoms with Crippen molar-refractivity contribution in [3.05, 3.63) is 35.9 Å². The van der Waals surface area contributed by atoms with Crippen LogP contribution < -0.4 is 5.32 Å². The van der Waals surface area contributed by atoms with E-state index < -0.39 is 11.4 Å². The third kappa shape index (κ3) is 2.95. The highest BCUT2D eigenvalue weighted by atomic mass is 16.4. The van der Waals surface area contributed by atoms with Crippen molar-refractivity contribution in [1.29, 1.82) is 0 Å². The average Bonchev–Trinajstić information content (AvgIpc) is 2.90. The summed E-state index contributed by atoms with van der Waals surface area (Å²) in [5.41, 5.74) is 0.583. The van der Waals surface area contributed by atoms with Crippen LogP contribution in [0.2, 0.25) is 0 Å². The molecule has 1 saturated carbocycles. The molecule has 4 heteroatoms. The first kappa shape index (κ1) is 13.6. The van der Waals surface area contributed by atoms with E-state index in [2.05, 4.69) is 5.32 Å². The molecule has 0 radical (unpaired) electrons. The number of carbonyl (C=O) groups is 2. The molecule has 0 bridgehead atoms. The number of benzene rings is 1. The molecule has 2 rings (SSSR count). The van der Waals surface area contributed by atoms with Gasteiger partial charge in [-0.3, -0.25) is 9.59 Å². The van der Waals surface area contributed by atoms with Crippen LogP contribution in [0.5, 0.6) is 0 Å². The molecule has 0 heterocycles. The summed E-state index contributed by atoms with van der Waals surface area (Å²) in [6, 6.07) is 9.80. The third-order valence-corrected chi connectivity index (χ3v) is 3.84. The van der Waals surface area contributed by atoms with Crippen molar-refractivity contribution in [3.63, 3.8) is 0 Å². The number of carbonyl (C=O) groups excluding carboxylic acids is 1. The largest absolute Gasteiger partial charge is 0.481 e. The van der Waals surface area contributed by atoms with Crippen LogP contribution in [0.1, 0.15) is 37.7 Å². The number of nitrogens with one attached hydrogen (secondary N) is 1. The lowest BCUT2D eigenvalue weighted by Crippen LogP contribution is -2.43. The van der Waals surface area contributed by atoms with E-state index in [0.29, 0.717) is 0 Å². The van der Waals surface area contributed by atoms with E-state index in [1.165, 1.54) is 0 Å².